The molecule has 1 aromatic heterocycles. The van der Waals surface area contributed by atoms with Crippen LogP contribution in [0.15, 0.2) is 41.8 Å². The van der Waals surface area contributed by atoms with Crippen molar-refractivity contribution < 1.29 is 9.53 Å². The van der Waals surface area contributed by atoms with E-state index in [0.29, 0.717) is 5.56 Å². The maximum Gasteiger partial charge on any atom is 0.339 e. The predicted molar refractivity (Wildman–Crippen MR) is 68.9 cm³/mol. The van der Waals surface area contributed by atoms with Crippen LogP contribution < -0.4 is 0 Å². The Bertz CT molecular complexity index is 550. The van der Waals surface area contributed by atoms with E-state index in [4.69, 9.17) is 11.2 Å². The second-order valence-corrected chi connectivity index (χ2v) is 4.25. The van der Waals surface area contributed by atoms with Gasteiger partial charge >= 0.3 is 5.97 Å². The highest BCUT2D eigenvalue weighted by atomic mass is 32.1. The van der Waals surface area contributed by atoms with Crippen molar-refractivity contribution in [3.63, 3.8) is 0 Å². The Morgan fingerprint density at radius 3 is 2.82 bits per heavy atom. The molecular formula is C14H10O2S. The third kappa shape index (κ3) is 2.55. The van der Waals surface area contributed by atoms with Crippen LogP contribution in [0.4, 0.5) is 0 Å². The number of terminal acetylenes is 1. The number of rotatable bonds is 3. The number of benzene rings is 1. The lowest BCUT2D eigenvalue weighted by Gasteiger charge is -2.06. The highest BCUT2D eigenvalue weighted by molar-refractivity contribution is 7.13. The first-order valence-electron chi connectivity index (χ1n) is 5.06. The summed E-state index contributed by atoms with van der Waals surface area (Å²) < 4.78 is 4.95. The van der Waals surface area contributed by atoms with Crippen LogP contribution in [0.25, 0.3) is 10.4 Å². The Hall–Kier alpha value is -2.05. The fourth-order valence-corrected chi connectivity index (χ4v) is 2.26. The fraction of sp³-hybridized carbons (Fsp3) is 0.0714. The molecule has 2 rings (SSSR count). The highest BCUT2D eigenvalue weighted by Gasteiger charge is 2.13. The molecule has 0 bridgehead atoms. The van der Waals surface area contributed by atoms with E-state index in [1.54, 1.807) is 17.4 Å². The molecule has 17 heavy (non-hydrogen) atoms. The van der Waals surface area contributed by atoms with Crippen LogP contribution in [-0.2, 0) is 4.74 Å². The lowest BCUT2D eigenvalue weighted by molar-refractivity contribution is 0.0557. The van der Waals surface area contributed by atoms with E-state index in [2.05, 4.69) is 5.92 Å². The minimum absolute atomic E-state index is 0.00237. The van der Waals surface area contributed by atoms with E-state index < -0.39 is 0 Å². The van der Waals surface area contributed by atoms with Crippen LogP contribution >= 0.6 is 11.3 Å². The summed E-state index contributed by atoms with van der Waals surface area (Å²) in [6.45, 7) is -0.00237. The van der Waals surface area contributed by atoms with Gasteiger partial charge in [-0.1, -0.05) is 30.2 Å². The summed E-state index contributed by atoms with van der Waals surface area (Å²) in [6.07, 6.45) is 5.06. The standard InChI is InChI=1S/C14H10O2S/c1-2-9-16-14(15)12-7-4-3-6-11(12)13-8-5-10-17-13/h1,3-8,10H,9H2. The zero-order valence-electron chi connectivity index (χ0n) is 9.05. The van der Waals surface area contributed by atoms with E-state index in [0.717, 1.165) is 10.4 Å². The van der Waals surface area contributed by atoms with E-state index in [-0.39, 0.29) is 12.6 Å². The monoisotopic (exact) mass is 242 g/mol. The van der Waals surface area contributed by atoms with Crippen molar-refractivity contribution in [2.45, 2.75) is 0 Å². The van der Waals surface area contributed by atoms with Gasteiger partial charge in [0.15, 0.2) is 6.61 Å². The number of esters is 1. The summed E-state index contributed by atoms with van der Waals surface area (Å²) in [5, 5.41) is 1.97. The average Bonchev–Trinajstić information content (AvgIpc) is 2.89. The van der Waals surface area contributed by atoms with Gasteiger partial charge in [0.05, 0.1) is 5.56 Å². The summed E-state index contributed by atoms with van der Waals surface area (Å²) >= 11 is 1.58. The van der Waals surface area contributed by atoms with Crippen molar-refractivity contribution in [3.05, 3.63) is 47.3 Å². The first-order chi connectivity index (χ1) is 8.33. The van der Waals surface area contributed by atoms with Crippen molar-refractivity contribution in [3.8, 4) is 22.8 Å². The van der Waals surface area contributed by atoms with Gasteiger partial charge in [-0.25, -0.2) is 4.79 Å². The summed E-state index contributed by atoms with van der Waals surface area (Å²) in [6, 6.07) is 11.3. The molecule has 0 fully saturated rings. The molecule has 3 heteroatoms. The van der Waals surface area contributed by atoms with Crippen LogP contribution in [0.5, 0.6) is 0 Å². The number of hydrogen-bond donors (Lipinski definition) is 0. The van der Waals surface area contributed by atoms with Gasteiger partial charge in [-0.3, -0.25) is 0 Å². The Morgan fingerprint density at radius 1 is 1.29 bits per heavy atom. The summed E-state index contributed by atoms with van der Waals surface area (Å²) in [7, 11) is 0. The third-order valence-electron chi connectivity index (χ3n) is 2.22. The Kier molecular flexibility index (Phi) is 3.59. The minimum atomic E-state index is -0.382. The lowest BCUT2D eigenvalue weighted by atomic mass is 10.1. The summed E-state index contributed by atoms with van der Waals surface area (Å²) in [4.78, 5) is 12.8. The second-order valence-electron chi connectivity index (χ2n) is 3.30. The van der Waals surface area contributed by atoms with Crippen LogP contribution in [0.1, 0.15) is 10.4 Å². The zero-order valence-corrected chi connectivity index (χ0v) is 9.87. The molecule has 0 atom stereocenters. The molecule has 2 aromatic rings. The molecule has 0 saturated carbocycles. The molecule has 0 aliphatic heterocycles. The lowest BCUT2D eigenvalue weighted by Crippen LogP contribution is -2.06. The maximum absolute atomic E-state index is 11.8. The summed E-state index contributed by atoms with van der Waals surface area (Å²) in [5.41, 5.74) is 1.43. The number of carbonyl (C=O) groups excluding carboxylic acids is 1. The molecule has 0 amide bonds. The van der Waals surface area contributed by atoms with E-state index in [9.17, 15) is 4.79 Å². The molecule has 1 heterocycles. The SMILES string of the molecule is C#CCOC(=O)c1ccccc1-c1cccs1. The fourth-order valence-electron chi connectivity index (χ4n) is 1.49. The van der Waals surface area contributed by atoms with Crippen LogP contribution in [0.3, 0.4) is 0 Å². The molecule has 0 aliphatic carbocycles. The highest BCUT2D eigenvalue weighted by Crippen LogP contribution is 2.28. The average molecular weight is 242 g/mol. The van der Waals surface area contributed by atoms with Gasteiger partial charge in [-0.15, -0.1) is 17.8 Å². The quantitative estimate of drug-likeness (QED) is 0.610. The normalized spacial score (nSPS) is 9.59. The molecule has 0 radical (unpaired) electrons. The first-order valence-corrected chi connectivity index (χ1v) is 5.94. The van der Waals surface area contributed by atoms with Gasteiger partial charge < -0.3 is 4.74 Å². The van der Waals surface area contributed by atoms with E-state index in [1.807, 2.05) is 35.7 Å². The van der Waals surface area contributed by atoms with Gasteiger partial charge in [-0.2, -0.15) is 0 Å². The molecule has 2 nitrogen and oxygen atoms in total. The summed E-state index contributed by atoms with van der Waals surface area (Å²) in [5.74, 6) is 1.90. The topological polar surface area (TPSA) is 26.3 Å². The van der Waals surface area contributed by atoms with Gasteiger partial charge in [0.25, 0.3) is 0 Å². The Morgan fingerprint density at radius 2 is 2.12 bits per heavy atom. The van der Waals surface area contributed by atoms with Crippen molar-refractivity contribution in [2.24, 2.45) is 0 Å². The molecular weight excluding hydrogens is 232 g/mol. The number of hydrogen-bond acceptors (Lipinski definition) is 3. The molecule has 84 valence electrons. The molecule has 0 unspecified atom stereocenters. The van der Waals surface area contributed by atoms with Crippen molar-refractivity contribution in [1.29, 1.82) is 0 Å². The second kappa shape index (κ2) is 5.33. The van der Waals surface area contributed by atoms with Crippen molar-refractivity contribution >= 4 is 17.3 Å². The molecule has 0 aliphatic rings. The van der Waals surface area contributed by atoms with Gasteiger partial charge in [-0.05, 0) is 17.5 Å². The smallest absolute Gasteiger partial charge is 0.339 e. The molecule has 0 N–H and O–H groups in total. The van der Waals surface area contributed by atoms with Crippen molar-refractivity contribution in [2.75, 3.05) is 6.61 Å². The Labute approximate surface area is 104 Å². The minimum Gasteiger partial charge on any atom is -0.449 e. The predicted octanol–water partition coefficient (Wildman–Crippen LogP) is 3.21. The Balaban J connectivity index is 2.35. The zero-order chi connectivity index (χ0) is 12.1. The number of ether oxygens (including phenoxy) is 1. The van der Waals surface area contributed by atoms with E-state index in [1.165, 1.54) is 0 Å². The van der Waals surface area contributed by atoms with E-state index >= 15 is 0 Å². The van der Waals surface area contributed by atoms with Gasteiger partial charge in [0.1, 0.15) is 0 Å². The van der Waals surface area contributed by atoms with Crippen LogP contribution in [0.2, 0.25) is 0 Å². The number of thiophene rings is 1. The van der Waals surface area contributed by atoms with Gasteiger partial charge in [0.2, 0.25) is 0 Å². The first kappa shape index (κ1) is 11.4. The van der Waals surface area contributed by atoms with Crippen molar-refractivity contribution in [1.82, 2.24) is 0 Å². The molecule has 1 aromatic carbocycles. The largest absolute Gasteiger partial charge is 0.449 e. The van der Waals surface area contributed by atoms with Crippen LogP contribution in [-0.4, -0.2) is 12.6 Å². The maximum atomic E-state index is 11.8. The third-order valence-corrected chi connectivity index (χ3v) is 3.12. The van der Waals surface area contributed by atoms with Gasteiger partial charge in [0, 0.05) is 10.4 Å². The molecule has 0 spiro atoms. The van der Waals surface area contributed by atoms with Crippen LogP contribution in [0, 0.1) is 12.3 Å². The molecule has 0 saturated heterocycles. The number of carbonyl (C=O) groups is 1.